The van der Waals surface area contributed by atoms with Gasteiger partial charge in [-0.25, -0.2) is 0 Å². The first kappa shape index (κ1) is 17.3. The van der Waals surface area contributed by atoms with Crippen LogP contribution in [0.3, 0.4) is 0 Å². The van der Waals surface area contributed by atoms with E-state index in [1.165, 1.54) is 12.2 Å². The van der Waals surface area contributed by atoms with E-state index < -0.39 is 0 Å². The minimum absolute atomic E-state index is 0.123. The van der Waals surface area contributed by atoms with Crippen LogP contribution in [0.2, 0.25) is 0 Å². The van der Waals surface area contributed by atoms with Gasteiger partial charge in [0.15, 0.2) is 17.3 Å². The van der Waals surface area contributed by atoms with Crippen molar-refractivity contribution in [3.63, 3.8) is 0 Å². The lowest BCUT2D eigenvalue weighted by Gasteiger charge is -2.09. The molecule has 0 heterocycles. The predicted octanol–water partition coefficient (Wildman–Crippen LogP) is 4.01. The predicted molar refractivity (Wildman–Crippen MR) is 95.6 cm³/mol. The van der Waals surface area contributed by atoms with E-state index in [1.54, 1.807) is 39.5 Å². The molecule has 0 amide bonds. The monoisotopic (exact) mass is 324 g/mol. The number of carbonyl (C=O) groups excluding carboxylic acids is 1. The van der Waals surface area contributed by atoms with Crippen LogP contribution in [0.15, 0.2) is 54.6 Å². The Bertz CT molecular complexity index is 760. The molecule has 0 saturated carbocycles. The molecule has 2 rings (SSSR count). The number of allylic oxidation sites excluding steroid dienone is 2. The van der Waals surface area contributed by atoms with Gasteiger partial charge in [-0.15, -0.1) is 0 Å². The van der Waals surface area contributed by atoms with Crippen molar-refractivity contribution in [2.24, 2.45) is 0 Å². The highest BCUT2D eigenvalue weighted by Gasteiger charge is 2.06. The Kier molecular flexibility index (Phi) is 6.20. The van der Waals surface area contributed by atoms with E-state index in [1.807, 2.05) is 36.4 Å². The van der Waals surface area contributed by atoms with E-state index in [-0.39, 0.29) is 5.78 Å². The van der Waals surface area contributed by atoms with Crippen molar-refractivity contribution in [2.75, 3.05) is 21.3 Å². The number of ketones is 1. The summed E-state index contributed by atoms with van der Waals surface area (Å²) in [5.41, 5.74) is 1.68. The highest BCUT2D eigenvalue weighted by atomic mass is 16.5. The molecule has 0 radical (unpaired) electrons. The van der Waals surface area contributed by atoms with Crippen molar-refractivity contribution >= 4 is 17.9 Å². The molecule has 0 N–H and O–H groups in total. The van der Waals surface area contributed by atoms with Gasteiger partial charge in [-0.05, 0) is 42.0 Å². The summed E-state index contributed by atoms with van der Waals surface area (Å²) < 4.78 is 15.7. The minimum Gasteiger partial charge on any atom is -0.497 e. The quantitative estimate of drug-likeness (QED) is 0.722. The maximum atomic E-state index is 12.0. The molecule has 0 saturated heterocycles. The minimum atomic E-state index is -0.123. The third kappa shape index (κ3) is 4.49. The molecule has 0 fully saturated rings. The van der Waals surface area contributed by atoms with E-state index >= 15 is 0 Å². The van der Waals surface area contributed by atoms with E-state index in [9.17, 15) is 4.79 Å². The molecular weight excluding hydrogens is 304 g/mol. The molecule has 24 heavy (non-hydrogen) atoms. The fraction of sp³-hybridized carbons (Fsp3) is 0.150. The van der Waals surface area contributed by atoms with Crippen LogP contribution in [-0.4, -0.2) is 27.1 Å². The highest BCUT2D eigenvalue weighted by Crippen LogP contribution is 2.31. The van der Waals surface area contributed by atoms with Crippen LogP contribution in [0.1, 0.15) is 11.1 Å². The van der Waals surface area contributed by atoms with Gasteiger partial charge in [-0.3, -0.25) is 4.79 Å². The molecule has 0 aromatic heterocycles. The third-order valence-electron chi connectivity index (χ3n) is 3.39. The molecule has 4 heteroatoms. The molecular formula is C20H20O4. The molecule has 0 unspecified atom stereocenters. The smallest absolute Gasteiger partial charge is 0.178 e. The summed E-state index contributed by atoms with van der Waals surface area (Å²) in [4.78, 5) is 12.0. The molecule has 0 bridgehead atoms. The van der Waals surface area contributed by atoms with Gasteiger partial charge in [0.1, 0.15) is 5.75 Å². The molecule has 4 nitrogen and oxygen atoms in total. The SMILES string of the molecule is COc1cccc(/C=C/C(=O)/C=C/c2cccc(OC)c2OC)c1. The summed E-state index contributed by atoms with van der Waals surface area (Å²) in [6.07, 6.45) is 6.46. The van der Waals surface area contributed by atoms with E-state index in [4.69, 9.17) is 14.2 Å². The largest absolute Gasteiger partial charge is 0.497 e. The summed E-state index contributed by atoms with van der Waals surface area (Å²) in [5.74, 6) is 1.85. The van der Waals surface area contributed by atoms with Crippen molar-refractivity contribution in [1.29, 1.82) is 0 Å². The van der Waals surface area contributed by atoms with Gasteiger partial charge in [0.2, 0.25) is 0 Å². The van der Waals surface area contributed by atoms with Crippen LogP contribution in [0, 0.1) is 0 Å². The van der Waals surface area contributed by atoms with Crippen molar-refractivity contribution in [2.45, 2.75) is 0 Å². The Balaban J connectivity index is 2.12. The first-order valence-corrected chi connectivity index (χ1v) is 7.43. The van der Waals surface area contributed by atoms with Crippen LogP contribution >= 0.6 is 0 Å². The summed E-state index contributed by atoms with van der Waals surface area (Å²) in [6.45, 7) is 0. The van der Waals surface area contributed by atoms with Crippen LogP contribution in [-0.2, 0) is 4.79 Å². The number of hydrogen-bond acceptors (Lipinski definition) is 4. The number of rotatable bonds is 7. The highest BCUT2D eigenvalue weighted by molar-refractivity contribution is 6.04. The van der Waals surface area contributed by atoms with E-state index in [2.05, 4.69) is 0 Å². The van der Waals surface area contributed by atoms with Crippen molar-refractivity contribution in [1.82, 2.24) is 0 Å². The molecule has 2 aromatic carbocycles. The van der Waals surface area contributed by atoms with Crippen molar-refractivity contribution in [3.8, 4) is 17.2 Å². The zero-order chi connectivity index (χ0) is 17.4. The zero-order valence-electron chi connectivity index (χ0n) is 14.0. The zero-order valence-corrected chi connectivity index (χ0v) is 14.0. The molecule has 0 aliphatic rings. The standard InChI is InChI=1S/C20H20O4/c1-22-18-8-4-6-15(14-18)10-12-17(21)13-11-16-7-5-9-19(23-2)20(16)24-3/h4-14H,1-3H3/b12-10+,13-11+. The molecule has 124 valence electrons. The topological polar surface area (TPSA) is 44.8 Å². The number of ether oxygens (including phenoxy) is 3. The van der Waals surface area contributed by atoms with Crippen LogP contribution < -0.4 is 14.2 Å². The number of hydrogen-bond donors (Lipinski definition) is 0. The number of methoxy groups -OCH3 is 3. The molecule has 0 aliphatic carbocycles. The second kappa shape index (κ2) is 8.58. The lowest BCUT2D eigenvalue weighted by atomic mass is 10.1. The first-order valence-electron chi connectivity index (χ1n) is 7.43. The first-order chi connectivity index (χ1) is 11.7. The fourth-order valence-electron chi connectivity index (χ4n) is 2.19. The van der Waals surface area contributed by atoms with Gasteiger partial charge < -0.3 is 14.2 Å². The van der Waals surface area contributed by atoms with Crippen LogP contribution in [0.25, 0.3) is 12.2 Å². The summed E-state index contributed by atoms with van der Waals surface area (Å²) >= 11 is 0. The van der Waals surface area contributed by atoms with Crippen LogP contribution in [0.5, 0.6) is 17.2 Å². The Morgan fingerprint density at radius 2 is 1.62 bits per heavy atom. The fourth-order valence-corrected chi connectivity index (χ4v) is 2.19. The molecule has 0 aliphatic heterocycles. The third-order valence-corrected chi connectivity index (χ3v) is 3.39. The summed E-state index contributed by atoms with van der Waals surface area (Å²) in [6, 6.07) is 13.0. The lowest BCUT2D eigenvalue weighted by Crippen LogP contribution is -1.93. The Morgan fingerprint density at radius 3 is 2.33 bits per heavy atom. The van der Waals surface area contributed by atoms with E-state index in [0.29, 0.717) is 11.5 Å². The number of carbonyl (C=O) groups is 1. The summed E-state index contributed by atoms with van der Waals surface area (Å²) in [7, 11) is 4.76. The molecule has 2 aromatic rings. The molecule has 0 atom stereocenters. The maximum absolute atomic E-state index is 12.0. The van der Waals surface area contributed by atoms with Gasteiger partial charge in [-0.1, -0.05) is 30.3 Å². The lowest BCUT2D eigenvalue weighted by molar-refractivity contribution is -0.110. The van der Waals surface area contributed by atoms with Gasteiger partial charge in [0, 0.05) is 5.56 Å². The van der Waals surface area contributed by atoms with Crippen molar-refractivity contribution in [3.05, 3.63) is 65.7 Å². The Morgan fingerprint density at radius 1 is 0.875 bits per heavy atom. The number of para-hydroxylation sites is 1. The number of benzene rings is 2. The normalized spacial score (nSPS) is 11.0. The second-order valence-electron chi connectivity index (χ2n) is 4.93. The van der Waals surface area contributed by atoms with E-state index in [0.717, 1.165) is 16.9 Å². The maximum Gasteiger partial charge on any atom is 0.178 e. The average molecular weight is 324 g/mol. The Hall–Kier alpha value is -3.01. The average Bonchev–Trinajstić information content (AvgIpc) is 2.64. The second-order valence-corrected chi connectivity index (χ2v) is 4.93. The van der Waals surface area contributed by atoms with Crippen LogP contribution in [0.4, 0.5) is 0 Å². The van der Waals surface area contributed by atoms with Crippen molar-refractivity contribution < 1.29 is 19.0 Å². The summed E-state index contributed by atoms with van der Waals surface area (Å²) in [5, 5.41) is 0. The molecule has 0 spiro atoms. The van der Waals surface area contributed by atoms with Gasteiger partial charge in [0.05, 0.1) is 21.3 Å². The van der Waals surface area contributed by atoms with Gasteiger partial charge in [0.25, 0.3) is 0 Å². The Labute approximate surface area is 142 Å². The van der Waals surface area contributed by atoms with Gasteiger partial charge >= 0.3 is 0 Å². The van der Waals surface area contributed by atoms with Gasteiger partial charge in [-0.2, -0.15) is 0 Å².